The van der Waals surface area contributed by atoms with Crippen LogP contribution in [0.3, 0.4) is 0 Å². The molecule has 21 heavy (non-hydrogen) atoms. The van der Waals surface area contributed by atoms with Gasteiger partial charge in [-0.05, 0) is 30.8 Å². The van der Waals surface area contributed by atoms with Crippen molar-refractivity contribution in [3.8, 4) is 5.75 Å². The zero-order valence-electron chi connectivity index (χ0n) is 13.0. The average molecular weight is 292 g/mol. The Bertz CT molecular complexity index is 457. The maximum atomic E-state index is 11.2. The standard InChI is InChI=1S/C16H24N2O3/c1-4-17(5-2)15(12-20-3)13-6-8-14(9-7-13)21-18-11-10-16(18)19/h6-9,15H,4-5,10-12H2,1-3H3. The molecular weight excluding hydrogens is 268 g/mol. The lowest BCUT2D eigenvalue weighted by Gasteiger charge is -2.31. The van der Waals surface area contributed by atoms with Crippen LogP contribution in [-0.4, -0.2) is 49.2 Å². The molecule has 5 heteroatoms. The summed E-state index contributed by atoms with van der Waals surface area (Å²) in [5.74, 6) is 0.738. The number of hydroxylamine groups is 2. The Kier molecular flexibility index (Phi) is 5.59. The quantitative estimate of drug-likeness (QED) is 0.689. The van der Waals surface area contributed by atoms with Crippen molar-refractivity contribution in [2.45, 2.75) is 26.3 Å². The van der Waals surface area contributed by atoms with Crippen LogP contribution in [0.2, 0.25) is 0 Å². The van der Waals surface area contributed by atoms with Gasteiger partial charge in [0.1, 0.15) is 0 Å². The third-order valence-corrected chi connectivity index (χ3v) is 3.87. The summed E-state index contributed by atoms with van der Waals surface area (Å²) in [6, 6.07) is 8.15. The molecule has 0 N–H and O–H groups in total. The molecule has 0 bridgehead atoms. The number of hydrogen-bond acceptors (Lipinski definition) is 4. The van der Waals surface area contributed by atoms with E-state index in [-0.39, 0.29) is 11.9 Å². The fraction of sp³-hybridized carbons (Fsp3) is 0.562. The fourth-order valence-corrected chi connectivity index (χ4v) is 2.50. The Labute approximate surface area is 126 Å². The van der Waals surface area contributed by atoms with Gasteiger partial charge in [-0.3, -0.25) is 9.69 Å². The Hall–Kier alpha value is -1.59. The summed E-state index contributed by atoms with van der Waals surface area (Å²) < 4.78 is 5.35. The van der Waals surface area contributed by atoms with Crippen LogP contribution in [0.5, 0.6) is 5.75 Å². The van der Waals surface area contributed by atoms with E-state index in [9.17, 15) is 4.79 Å². The van der Waals surface area contributed by atoms with E-state index >= 15 is 0 Å². The van der Waals surface area contributed by atoms with Crippen molar-refractivity contribution in [2.24, 2.45) is 0 Å². The molecule has 0 spiro atoms. The molecule has 1 aliphatic heterocycles. The van der Waals surface area contributed by atoms with Gasteiger partial charge in [-0.15, -0.1) is 0 Å². The third kappa shape index (κ3) is 3.74. The smallest absolute Gasteiger partial charge is 0.257 e. The molecule has 1 aromatic rings. The lowest BCUT2D eigenvalue weighted by atomic mass is 10.1. The van der Waals surface area contributed by atoms with Gasteiger partial charge < -0.3 is 9.57 Å². The van der Waals surface area contributed by atoms with Gasteiger partial charge in [0.25, 0.3) is 5.91 Å². The summed E-state index contributed by atoms with van der Waals surface area (Å²) in [6.07, 6.45) is 0.579. The summed E-state index contributed by atoms with van der Waals surface area (Å²) in [5, 5.41) is 1.39. The van der Waals surface area contributed by atoms with Gasteiger partial charge in [0.05, 0.1) is 25.6 Å². The molecule has 1 aromatic carbocycles. The summed E-state index contributed by atoms with van der Waals surface area (Å²) >= 11 is 0. The fourth-order valence-electron chi connectivity index (χ4n) is 2.50. The minimum absolute atomic E-state index is 0.0412. The number of rotatable bonds is 8. The van der Waals surface area contributed by atoms with Crippen LogP contribution in [0.1, 0.15) is 31.9 Å². The maximum absolute atomic E-state index is 11.2. The van der Waals surface area contributed by atoms with E-state index in [0.29, 0.717) is 25.3 Å². The maximum Gasteiger partial charge on any atom is 0.257 e. The monoisotopic (exact) mass is 292 g/mol. The molecule has 0 aromatic heterocycles. The lowest BCUT2D eigenvalue weighted by molar-refractivity contribution is -0.174. The summed E-state index contributed by atoms with van der Waals surface area (Å²) in [4.78, 5) is 19.1. The number of hydrogen-bond donors (Lipinski definition) is 0. The van der Waals surface area contributed by atoms with E-state index < -0.39 is 0 Å². The predicted molar refractivity (Wildman–Crippen MR) is 80.9 cm³/mol. The number of benzene rings is 1. The first-order valence-corrected chi connectivity index (χ1v) is 7.50. The molecule has 0 radical (unpaired) electrons. The van der Waals surface area contributed by atoms with E-state index in [2.05, 4.69) is 18.7 Å². The van der Waals surface area contributed by atoms with Crippen LogP contribution in [0, 0.1) is 0 Å². The van der Waals surface area contributed by atoms with Gasteiger partial charge in [0.2, 0.25) is 0 Å². The van der Waals surface area contributed by atoms with Crippen LogP contribution < -0.4 is 4.84 Å². The summed E-state index contributed by atoms with van der Waals surface area (Å²) in [6.45, 7) is 7.59. The molecule has 1 unspecified atom stereocenters. The lowest BCUT2D eigenvalue weighted by Crippen LogP contribution is -2.45. The molecule has 5 nitrogen and oxygen atoms in total. The largest absolute Gasteiger partial charge is 0.383 e. The van der Waals surface area contributed by atoms with Gasteiger partial charge in [0, 0.05) is 7.11 Å². The molecular formula is C16H24N2O3. The average Bonchev–Trinajstić information content (AvgIpc) is 2.52. The first kappa shape index (κ1) is 15.8. The van der Waals surface area contributed by atoms with Crippen molar-refractivity contribution in [1.29, 1.82) is 0 Å². The highest BCUT2D eigenvalue weighted by atomic mass is 16.7. The van der Waals surface area contributed by atoms with Crippen molar-refractivity contribution in [3.05, 3.63) is 29.8 Å². The molecule has 0 saturated carbocycles. The normalized spacial score (nSPS) is 16.0. The number of likely N-dealkylation sites (N-methyl/N-ethyl adjacent to an activating group) is 1. The summed E-state index contributed by atoms with van der Waals surface area (Å²) in [5.41, 5.74) is 1.20. The van der Waals surface area contributed by atoms with Crippen molar-refractivity contribution in [1.82, 2.24) is 9.96 Å². The first-order valence-electron chi connectivity index (χ1n) is 7.50. The number of ether oxygens (including phenoxy) is 1. The van der Waals surface area contributed by atoms with E-state index in [1.807, 2.05) is 24.3 Å². The van der Waals surface area contributed by atoms with Gasteiger partial charge in [-0.25, -0.2) is 0 Å². The van der Waals surface area contributed by atoms with Gasteiger partial charge in [0.15, 0.2) is 5.75 Å². The second kappa shape index (κ2) is 7.43. The van der Waals surface area contributed by atoms with Gasteiger partial charge >= 0.3 is 0 Å². The Morgan fingerprint density at radius 1 is 1.24 bits per heavy atom. The van der Waals surface area contributed by atoms with Crippen LogP contribution in [0.25, 0.3) is 0 Å². The van der Waals surface area contributed by atoms with E-state index in [1.165, 1.54) is 10.6 Å². The minimum atomic E-state index is 0.0412. The van der Waals surface area contributed by atoms with Crippen molar-refractivity contribution < 1.29 is 14.4 Å². The molecule has 1 atom stereocenters. The second-order valence-electron chi connectivity index (χ2n) is 5.10. The summed E-state index contributed by atoms with van der Waals surface area (Å²) in [7, 11) is 1.73. The number of methoxy groups -OCH3 is 1. The molecule has 2 rings (SSSR count). The van der Waals surface area contributed by atoms with E-state index in [4.69, 9.17) is 9.57 Å². The van der Waals surface area contributed by atoms with Crippen molar-refractivity contribution in [3.63, 3.8) is 0 Å². The number of nitrogens with zero attached hydrogens (tertiary/aromatic N) is 2. The molecule has 1 heterocycles. The molecule has 0 aliphatic carbocycles. The van der Waals surface area contributed by atoms with Crippen LogP contribution >= 0.6 is 0 Å². The zero-order chi connectivity index (χ0) is 15.2. The number of β-lactam (4-membered cyclic amide) rings is 1. The van der Waals surface area contributed by atoms with Crippen LogP contribution in [0.15, 0.2) is 24.3 Å². The van der Waals surface area contributed by atoms with Crippen LogP contribution in [-0.2, 0) is 9.53 Å². The minimum Gasteiger partial charge on any atom is -0.383 e. The van der Waals surface area contributed by atoms with Gasteiger partial charge in [-0.1, -0.05) is 26.0 Å². The number of carbonyl (C=O) groups is 1. The molecule has 116 valence electrons. The van der Waals surface area contributed by atoms with E-state index in [1.54, 1.807) is 7.11 Å². The number of amides is 1. The topological polar surface area (TPSA) is 42.0 Å². The van der Waals surface area contributed by atoms with Crippen molar-refractivity contribution in [2.75, 3.05) is 33.4 Å². The molecule has 1 fully saturated rings. The van der Waals surface area contributed by atoms with Crippen molar-refractivity contribution >= 4 is 5.91 Å². The third-order valence-electron chi connectivity index (χ3n) is 3.87. The molecule has 1 amide bonds. The Balaban J connectivity index is 2.05. The molecule has 1 aliphatic rings. The molecule has 1 saturated heterocycles. The first-order chi connectivity index (χ1) is 10.2. The number of carbonyl (C=O) groups excluding carboxylic acids is 1. The highest BCUT2D eigenvalue weighted by Gasteiger charge is 2.26. The predicted octanol–water partition coefficient (Wildman–Crippen LogP) is 2.24. The Morgan fingerprint density at radius 3 is 2.33 bits per heavy atom. The van der Waals surface area contributed by atoms with E-state index in [0.717, 1.165) is 13.1 Å². The Morgan fingerprint density at radius 2 is 1.90 bits per heavy atom. The second-order valence-corrected chi connectivity index (χ2v) is 5.10. The van der Waals surface area contributed by atoms with Gasteiger partial charge in [-0.2, -0.15) is 5.06 Å². The highest BCUT2D eigenvalue weighted by molar-refractivity contribution is 5.80. The SMILES string of the molecule is CCN(CC)C(COC)c1ccc(ON2CCC2=O)cc1. The zero-order valence-corrected chi connectivity index (χ0v) is 13.0. The van der Waals surface area contributed by atoms with Crippen LogP contribution in [0.4, 0.5) is 0 Å². The highest BCUT2D eigenvalue weighted by Crippen LogP contribution is 2.24.